The fourth-order valence-electron chi connectivity index (χ4n) is 2.49. The van der Waals surface area contributed by atoms with E-state index in [0.717, 1.165) is 26.2 Å². The second-order valence-electron chi connectivity index (χ2n) is 4.90. The maximum atomic E-state index is 10.4. The molecule has 0 aromatic carbocycles. The van der Waals surface area contributed by atoms with Crippen molar-refractivity contribution in [2.24, 2.45) is 5.92 Å². The van der Waals surface area contributed by atoms with Crippen LogP contribution in [0.15, 0.2) is 16.8 Å². The van der Waals surface area contributed by atoms with Crippen LogP contribution in [0.2, 0.25) is 0 Å². The predicted octanol–water partition coefficient (Wildman–Crippen LogP) is 1.63. The highest BCUT2D eigenvalue weighted by atomic mass is 32.1. The summed E-state index contributed by atoms with van der Waals surface area (Å²) in [6.45, 7) is 4.14. The minimum atomic E-state index is -0.777. The Morgan fingerprint density at radius 3 is 3.22 bits per heavy atom. The number of piperidine rings is 1. The zero-order valence-corrected chi connectivity index (χ0v) is 11.3. The molecule has 2 rings (SSSR count). The van der Waals surface area contributed by atoms with E-state index in [9.17, 15) is 4.79 Å². The average Bonchev–Trinajstić information content (AvgIpc) is 2.82. The molecule has 1 fully saturated rings. The SMILES string of the molecule is O=C(O)CNCC1CCCN(Cc2ccsc2)C1. The molecule has 0 radical (unpaired) electrons. The molecule has 1 saturated heterocycles. The molecular formula is C13H20N2O2S. The Bertz CT molecular complexity index is 367. The molecule has 18 heavy (non-hydrogen) atoms. The van der Waals surface area contributed by atoms with E-state index in [0.29, 0.717) is 5.92 Å². The van der Waals surface area contributed by atoms with E-state index in [2.05, 4.69) is 27.0 Å². The van der Waals surface area contributed by atoms with Gasteiger partial charge in [-0.1, -0.05) is 0 Å². The van der Waals surface area contributed by atoms with Crippen LogP contribution in [0.25, 0.3) is 0 Å². The molecule has 1 unspecified atom stereocenters. The number of hydrogen-bond acceptors (Lipinski definition) is 4. The van der Waals surface area contributed by atoms with Crippen LogP contribution in [0.5, 0.6) is 0 Å². The molecule has 2 N–H and O–H groups in total. The fraction of sp³-hybridized carbons (Fsp3) is 0.615. The number of carboxylic acid groups (broad SMARTS) is 1. The number of carboxylic acids is 1. The first-order valence-corrected chi connectivity index (χ1v) is 7.34. The Kier molecular flexibility index (Phi) is 5.16. The Morgan fingerprint density at radius 2 is 2.50 bits per heavy atom. The standard InChI is InChI=1S/C13H20N2O2S/c16-13(17)7-14-6-11-2-1-4-15(8-11)9-12-3-5-18-10-12/h3,5,10-11,14H,1-2,4,6-9H2,(H,16,17). The van der Waals surface area contributed by atoms with Crippen LogP contribution >= 0.6 is 11.3 Å². The minimum Gasteiger partial charge on any atom is -0.480 e. The summed E-state index contributed by atoms with van der Waals surface area (Å²) < 4.78 is 0. The minimum absolute atomic E-state index is 0.0705. The molecule has 4 nitrogen and oxygen atoms in total. The van der Waals surface area contributed by atoms with E-state index in [-0.39, 0.29) is 6.54 Å². The van der Waals surface area contributed by atoms with Gasteiger partial charge in [0.05, 0.1) is 6.54 Å². The van der Waals surface area contributed by atoms with Crippen molar-refractivity contribution in [3.63, 3.8) is 0 Å². The van der Waals surface area contributed by atoms with E-state index >= 15 is 0 Å². The lowest BCUT2D eigenvalue weighted by Gasteiger charge is -2.32. The molecule has 1 aliphatic heterocycles. The van der Waals surface area contributed by atoms with E-state index in [1.54, 1.807) is 11.3 Å². The third-order valence-corrected chi connectivity index (χ3v) is 4.03. The molecular weight excluding hydrogens is 248 g/mol. The number of carbonyl (C=O) groups is 1. The first kappa shape index (κ1) is 13.5. The lowest BCUT2D eigenvalue weighted by molar-refractivity contribution is -0.136. The van der Waals surface area contributed by atoms with Gasteiger partial charge in [0.2, 0.25) is 0 Å². The van der Waals surface area contributed by atoms with E-state index in [1.807, 2.05) is 0 Å². The van der Waals surface area contributed by atoms with Crippen molar-refractivity contribution in [2.45, 2.75) is 19.4 Å². The van der Waals surface area contributed by atoms with Crippen molar-refractivity contribution in [3.05, 3.63) is 22.4 Å². The van der Waals surface area contributed by atoms with Crippen LogP contribution in [-0.2, 0) is 11.3 Å². The first-order valence-electron chi connectivity index (χ1n) is 6.40. The average molecular weight is 268 g/mol. The van der Waals surface area contributed by atoms with Gasteiger partial charge >= 0.3 is 5.97 Å². The molecule has 1 atom stereocenters. The summed E-state index contributed by atoms with van der Waals surface area (Å²) in [6.07, 6.45) is 2.41. The van der Waals surface area contributed by atoms with E-state index in [1.165, 1.54) is 18.4 Å². The molecule has 0 spiro atoms. The van der Waals surface area contributed by atoms with Gasteiger partial charge in [0.25, 0.3) is 0 Å². The van der Waals surface area contributed by atoms with Crippen LogP contribution in [0.1, 0.15) is 18.4 Å². The second-order valence-corrected chi connectivity index (χ2v) is 5.68. The van der Waals surface area contributed by atoms with Gasteiger partial charge in [-0.25, -0.2) is 0 Å². The van der Waals surface area contributed by atoms with Crippen LogP contribution in [0.3, 0.4) is 0 Å². The normalized spacial score (nSPS) is 21.0. The quantitative estimate of drug-likeness (QED) is 0.823. The van der Waals surface area contributed by atoms with Crippen LogP contribution in [0, 0.1) is 5.92 Å². The van der Waals surface area contributed by atoms with Crippen molar-refractivity contribution in [1.29, 1.82) is 0 Å². The summed E-state index contributed by atoms with van der Waals surface area (Å²) in [6, 6.07) is 2.18. The molecule has 5 heteroatoms. The predicted molar refractivity (Wildman–Crippen MR) is 72.8 cm³/mol. The molecule has 0 bridgehead atoms. The van der Waals surface area contributed by atoms with Crippen LogP contribution in [0.4, 0.5) is 0 Å². The van der Waals surface area contributed by atoms with Crippen molar-refractivity contribution in [1.82, 2.24) is 10.2 Å². The molecule has 1 aliphatic rings. The maximum absolute atomic E-state index is 10.4. The summed E-state index contributed by atoms with van der Waals surface area (Å²) in [5.74, 6) is -0.197. The van der Waals surface area contributed by atoms with Crippen LogP contribution < -0.4 is 5.32 Å². The van der Waals surface area contributed by atoms with E-state index < -0.39 is 5.97 Å². The lowest BCUT2D eigenvalue weighted by atomic mass is 9.97. The van der Waals surface area contributed by atoms with Gasteiger partial charge < -0.3 is 10.4 Å². The highest BCUT2D eigenvalue weighted by Crippen LogP contribution is 2.18. The third-order valence-electron chi connectivity index (χ3n) is 3.30. The highest BCUT2D eigenvalue weighted by molar-refractivity contribution is 7.07. The Labute approximate surface area is 112 Å². The Balaban J connectivity index is 1.72. The summed E-state index contributed by atoms with van der Waals surface area (Å²) in [7, 11) is 0. The van der Waals surface area contributed by atoms with Gasteiger partial charge in [0.1, 0.15) is 0 Å². The van der Waals surface area contributed by atoms with Gasteiger partial charge in [-0.05, 0) is 54.2 Å². The summed E-state index contributed by atoms with van der Waals surface area (Å²) >= 11 is 1.74. The van der Waals surface area contributed by atoms with Gasteiger partial charge in [-0.15, -0.1) is 0 Å². The van der Waals surface area contributed by atoms with Gasteiger partial charge in [-0.3, -0.25) is 9.69 Å². The molecule has 1 aromatic heterocycles. The zero-order valence-electron chi connectivity index (χ0n) is 10.5. The molecule has 0 amide bonds. The van der Waals surface area contributed by atoms with Crippen molar-refractivity contribution in [2.75, 3.05) is 26.2 Å². The third kappa shape index (κ3) is 4.40. The monoisotopic (exact) mass is 268 g/mol. The molecule has 1 aromatic rings. The van der Waals surface area contributed by atoms with Crippen molar-refractivity contribution in [3.8, 4) is 0 Å². The molecule has 0 saturated carbocycles. The topological polar surface area (TPSA) is 52.6 Å². The van der Waals surface area contributed by atoms with Crippen molar-refractivity contribution < 1.29 is 9.90 Å². The zero-order chi connectivity index (χ0) is 12.8. The largest absolute Gasteiger partial charge is 0.480 e. The number of thiophene rings is 1. The molecule has 100 valence electrons. The van der Waals surface area contributed by atoms with Gasteiger partial charge in [-0.2, -0.15) is 11.3 Å². The Morgan fingerprint density at radius 1 is 1.61 bits per heavy atom. The van der Waals surface area contributed by atoms with E-state index in [4.69, 9.17) is 5.11 Å². The Hall–Kier alpha value is -0.910. The number of likely N-dealkylation sites (tertiary alicyclic amines) is 1. The first-order chi connectivity index (χ1) is 8.74. The molecule has 2 heterocycles. The van der Waals surface area contributed by atoms with Gasteiger partial charge in [0.15, 0.2) is 0 Å². The second kappa shape index (κ2) is 6.87. The van der Waals surface area contributed by atoms with Gasteiger partial charge in [0, 0.05) is 13.1 Å². The highest BCUT2D eigenvalue weighted by Gasteiger charge is 2.19. The number of rotatable bonds is 6. The maximum Gasteiger partial charge on any atom is 0.317 e. The number of aliphatic carboxylic acids is 1. The fourth-order valence-corrected chi connectivity index (χ4v) is 3.15. The smallest absolute Gasteiger partial charge is 0.317 e. The summed E-state index contributed by atoms with van der Waals surface area (Å²) in [4.78, 5) is 12.9. The lowest BCUT2D eigenvalue weighted by Crippen LogP contribution is -2.40. The van der Waals surface area contributed by atoms with Crippen molar-refractivity contribution >= 4 is 17.3 Å². The number of hydrogen-bond donors (Lipinski definition) is 2. The summed E-state index contributed by atoms with van der Waals surface area (Å²) in [5.41, 5.74) is 1.39. The van der Waals surface area contributed by atoms with Crippen LogP contribution in [-0.4, -0.2) is 42.2 Å². The number of nitrogens with one attached hydrogen (secondary N) is 1. The summed E-state index contributed by atoms with van der Waals surface area (Å²) in [5, 5.41) is 15.9. The molecule has 0 aliphatic carbocycles. The number of nitrogens with zero attached hydrogens (tertiary/aromatic N) is 1.